The minimum absolute atomic E-state index is 0.0849. The topological polar surface area (TPSA) is 48.1 Å². The fourth-order valence-electron chi connectivity index (χ4n) is 3.12. The van der Waals surface area contributed by atoms with Gasteiger partial charge in [0.15, 0.2) is 5.60 Å². The molecule has 3 rings (SSSR count). The Kier molecular flexibility index (Phi) is 3.89. The molecule has 0 radical (unpaired) electrons. The number of rotatable bonds is 5. The maximum atomic E-state index is 12.4. The number of epoxide rings is 1. The third-order valence-electron chi connectivity index (χ3n) is 4.56. The quantitative estimate of drug-likeness (QED) is 0.616. The number of methoxy groups -OCH3 is 1. The zero-order valence-corrected chi connectivity index (χ0v) is 12.6. The SMILES string of the molecule is CCC1(C(=O)OC2CCCC2)OC1c1ccc(OC)cc1. The van der Waals surface area contributed by atoms with Crippen molar-refractivity contribution in [1.29, 1.82) is 0 Å². The van der Waals surface area contributed by atoms with E-state index in [0.717, 1.165) is 37.0 Å². The Morgan fingerprint density at radius 2 is 1.95 bits per heavy atom. The number of ether oxygens (including phenoxy) is 3. The lowest BCUT2D eigenvalue weighted by Gasteiger charge is -2.15. The van der Waals surface area contributed by atoms with Crippen molar-refractivity contribution in [1.82, 2.24) is 0 Å². The fraction of sp³-hybridized carbons (Fsp3) is 0.588. The Bertz CT molecular complexity index is 504. The number of carbonyl (C=O) groups excluding carboxylic acids is 1. The van der Waals surface area contributed by atoms with Gasteiger partial charge in [-0.1, -0.05) is 19.1 Å². The van der Waals surface area contributed by atoms with Crippen molar-refractivity contribution >= 4 is 5.97 Å². The Morgan fingerprint density at radius 3 is 2.52 bits per heavy atom. The fourth-order valence-corrected chi connectivity index (χ4v) is 3.12. The largest absolute Gasteiger partial charge is 0.497 e. The van der Waals surface area contributed by atoms with Crippen LogP contribution >= 0.6 is 0 Å². The number of esters is 1. The first-order valence-electron chi connectivity index (χ1n) is 7.72. The zero-order chi connectivity index (χ0) is 14.9. The maximum Gasteiger partial charge on any atom is 0.341 e. The Morgan fingerprint density at radius 1 is 1.29 bits per heavy atom. The predicted molar refractivity (Wildman–Crippen MR) is 78.2 cm³/mol. The highest BCUT2D eigenvalue weighted by Crippen LogP contribution is 2.53. The molecule has 1 saturated heterocycles. The van der Waals surface area contributed by atoms with Gasteiger partial charge in [0.25, 0.3) is 0 Å². The zero-order valence-electron chi connectivity index (χ0n) is 12.6. The van der Waals surface area contributed by atoms with Crippen molar-refractivity contribution in [2.75, 3.05) is 7.11 Å². The molecule has 0 aromatic heterocycles. The van der Waals surface area contributed by atoms with Gasteiger partial charge in [-0.25, -0.2) is 4.79 Å². The van der Waals surface area contributed by atoms with E-state index in [1.807, 2.05) is 31.2 Å². The Hall–Kier alpha value is -1.55. The lowest BCUT2D eigenvalue weighted by atomic mass is 9.97. The second-order valence-electron chi connectivity index (χ2n) is 5.83. The highest BCUT2D eigenvalue weighted by atomic mass is 16.7. The molecular formula is C17H22O4. The average molecular weight is 290 g/mol. The van der Waals surface area contributed by atoms with E-state index in [0.29, 0.717) is 6.42 Å². The van der Waals surface area contributed by atoms with E-state index < -0.39 is 5.60 Å². The molecule has 2 unspecified atom stereocenters. The first kappa shape index (κ1) is 14.4. The second-order valence-corrected chi connectivity index (χ2v) is 5.83. The molecule has 1 aliphatic heterocycles. The highest BCUT2D eigenvalue weighted by molar-refractivity contribution is 5.84. The lowest BCUT2D eigenvalue weighted by molar-refractivity contribution is -0.155. The molecule has 21 heavy (non-hydrogen) atoms. The molecule has 1 saturated carbocycles. The first-order chi connectivity index (χ1) is 10.2. The molecule has 0 N–H and O–H groups in total. The summed E-state index contributed by atoms with van der Waals surface area (Å²) in [4.78, 5) is 12.4. The summed E-state index contributed by atoms with van der Waals surface area (Å²) in [7, 11) is 1.64. The van der Waals surface area contributed by atoms with Crippen LogP contribution in [-0.2, 0) is 14.3 Å². The van der Waals surface area contributed by atoms with Crippen LogP contribution in [0.25, 0.3) is 0 Å². The van der Waals surface area contributed by atoms with Gasteiger partial charge in [0, 0.05) is 0 Å². The maximum absolute atomic E-state index is 12.4. The lowest BCUT2D eigenvalue weighted by Crippen LogP contribution is -2.30. The molecule has 1 aromatic rings. The van der Waals surface area contributed by atoms with Crippen molar-refractivity contribution in [2.24, 2.45) is 0 Å². The first-order valence-corrected chi connectivity index (χ1v) is 7.72. The van der Waals surface area contributed by atoms with Crippen molar-refractivity contribution in [3.63, 3.8) is 0 Å². The van der Waals surface area contributed by atoms with Crippen LogP contribution < -0.4 is 4.74 Å². The van der Waals surface area contributed by atoms with Crippen LogP contribution in [0.4, 0.5) is 0 Å². The summed E-state index contributed by atoms with van der Waals surface area (Å²) < 4.78 is 16.6. The van der Waals surface area contributed by atoms with Gasteiger partial charge >= 0.3 is 5.97 Å². The van der Waals surface area contributed by atoms with E-state index in [1.165, 1.54) is 0 Å². The summed E-state index contributed by atoms with van der Waals surface area (Å²) in [6, 6.07) is 7.67. The van der Waals surface area contributed by atoms with Gasteiger partial charge in [-0.05, 0) is 49.8 Å². The highest BCUT2D eigenvalue weighted by Gasteiger charge is 2.63. The molecule has 4 heteroatoms. The third-order valence-corrected chi connectivity index (χ3v) is 4.56. The predicted octanol–water partition coefficient (Wildman–Crippen LogP) is 3.40. The van der Waals surface area contributed by atoms with Crippen LogP contribution in [0, 0.1) is 0 Å². The van der Waals surface area contributed by atoms with Crippen LogP contribution in [-0.4, -0.2) is 24.8 Å². The van der Waals surface area contributed by atoms with Crippen LogP contribution in [0.3, 0.4) is 0 Å². The molecule has 0 spiro atoms. The normalized spacial score (nSPS) is 28.4. The van der Waals surface area contributed by atoms with Crippen molar-refractivity contribution in [3.8, 4) is 5.75 Å². The molecular weight excluding hydrogens is 268 g/mol. The standard InChI is InChI=1S/C17H22O4/c1-3-17(16(18)20-14-6-4-5-7-14)15(21-17)12-8-10-13(19-2)11-9-12/h8-11,14-15H,3-7H2,1-2H3. The van der Waals surface area contributed by atoms with Gasteiger partial charge in [-0.3, -0.25) is 0 Å². The number of hydrogen-bond acceptors (Lipinski definition) is 4. The van der Waals surface area contributed by atoms with E-state index in [1.54, 1.807) is 7.11 Å². The van der Waals surface area contributed by atoms with Crippen molar-refractivity contribution in [3.05, 3.63) is 29.8 Å². The minimum atomic E-state index is -0.781. The number of benzene rings is 1. The van der Waals surface area contributed by atoms with Gasteiger partial charge < -0.3 is 14.2 Å². The molecule has 2 fully saturated rings. The molecule has 2 atom stereocenters. The van der Waals surface area contributed by atoms with E-state index in [2.05, 4.69) is 0 Å². The molecule has 1 aliphatic carbocycles. The van der Waals surface area contributed by atoms with Crippen LogP contribution in [0.15, 0.2) is 24.3 Å². The van der Waals surface area contributed by atoms with Gasteiger partial charge in [-0.15, -0.1) is 0 Å². The summed E-state index contributed by atoms with van der Waals surface area (Å²) in [5.74, 6) is 0.604. The van der Waals surface area contributed by atoms with Gasteiger partial charge in [0.1, 0.15) is 18.0 Å². The van der Waals surface area contributed by atoms with Crippen molar-refractivity contribution in [2.45, 2.75) is 56.8 Å². The molecule has 2 aliphatic rings. The van der Waals surface area contributed by atoms with Gasteiger partial charge in [-0.2, -0.15) is 0 Å². The summed E-state index contributed by atoms with van der Waals surface area (Å²) in [6.45, 7) is 1.97. The number of carbonyl (C=O) groups is 1. The molecule has 0 bridgehead atoms. The monoisotopic (exact) mass is 290 g/mol. The Labute approximate surface area is 125 Å². The molecule has 1 heterocycles. The number of hydrogen-bond donors (Lipinski definition) is 0. The van der Waals surface area contributed by atoms with E-state index in [9.17, 15) is 4.79 Å². The minimum Gasteiger partial charge on any atom is -0.497 e. The van der Waals surface area contributed by atoms with Crippen LogP contribution in [0.5, 0.6) is 5.75 Å². The molecule has 114 valence electrons. The summed E-state index contributed by atoms with van der Waals surface area (Å²) >= 11 is 0. The molecule has 0 amide bonds. The summed E-state index contributed by atoms with van der Waals surface area (Å²) in [6.07, 6.45) is 4.80. The second kappa shape index (κ2) is 5.68. The van der Waals surface area contributed by atoms with E-state index in [-0.39, 0.29) is 18.2 Å². The molecule has 1 aromatic carbocycles. The van der Waals surface area contributed by atoms with Crippen molar-refractivity contribution < 1.29 is 19.0 Å². The summed E-state index contributed by atoms with van der Waals surface area (Å²) in [5, 5.41) is 0. The smallest absolute Gasteiger partial charge is 0.341 e. The Balaban J connectivity index is 1.69. The van der Waals surface area contributed by atoms with Gasteiger partial charge in [0.05, 0.1) is 7.11 Å². The van der Waals surface area contributed by atoms with Crippen LogP contribution in [0.2, 0.25) is 0 Å². The third kappa shape index (κ3) is 2.64. The molecule has 4 nitrogen and oxygen atoms in total. The van der Waals surface area contributed by atoms with Crippen LogP contribution in [0.1, 0.15) is 50.7 Å². The van der Waals surface area contributed by atoms with E-state index in [4.69, 9.17) is 14.2 Å². The van der Waals surface area contributed by atoms with E-state index >= 15 is 0 Å². The summed E-state index contributed by atoms with van der Waals surface area (Å²) in [5.41, 5.74) is 0.220. The average Bonchev–Trinajstić information content (AvgIpc) is 3.07. The van der Waals surface area contributed by atoms with Gasteiger partial charge in [0.2, 0.25) is 0 Å².